The van der Waals surface area contributed by atoms with E-state index in [1.54, 1.807) is 49.6 Å². The lowest BCUT2D eigenvalue weighted by molar-refractivity contribution is 0.587. The molecule has 2 heterocycles. The summed E-state index contributed by atoms with van der Waals surface area (Å²) in [6, 6.07) is 5.06. The molecule has 21 heavy (non-hydrogen) atoms. The highest BCUT2D eigenvalue weighted by Gasteiger charge is 2.20. The molecule has 0 aliphatic heterocycles. The average molecular weight is 321 g/mol. The monoisotopic (exact) mass is 321 g/mol. The number of hydrogen-bond donors (Lipinski definition) is 1. The van der Waals surface area contributed by atoms with Gasteiger partial charge in [0.05, 0.1) is 20.7 Å². The third-order valence-electron chi connectivity index (χ3n) is 3.37. The quantitative estimate of drug-likeness (QED) is 0.801. The molecule has 0 saturated heterocycles. The van der Waals surface area contributed by atoms with E-state index in [0.29, 0.717) is 11.3 Å². The first-order chi connectivity index (χ1) is 9.98. The molecule has 0 amide bonds. The van der Waals surface area contributed by atoms with Crippen molar-refractivity contribution in [1.29, 1.82) is 0 Å². The van der Waals surface area contributed by atoms with Gasteiger partial charge in [0, 0.05) is 29.1 Å². The fourth-order valence-corrected chi connectivity index (χ4v) is 3.83. The van der Waals surface area contributed by atoms with Gasteiger partial charge in [0.2, 0.25) is 0 Å². The van der Waals surface area contributed by atoms with E-state index in [1.807, 2.05) is 5.38 Å². The predicted molar refractivity (Wildman–Crippen MR) is 83.3 cm³/mol. The first-order valence-corrected chi connectivity index (χ1v) is 9.00. The molecule has 1 N–H and O–H groups in total. The molecule has 2 aromatic heterocycles. The number of sulfone groups is 1. The Hall–Kier alpha value is -1.73. The third kappa shape index (κ3) is 2.58. The van der Waals surface area contributed by atoms with Gasteiger partial charge in [-0.3, -0.25) is 5.10 Å². The van der Waals surface area contributed by atoms with E-state index in [4.69, 9.17) is 0 Å². The van der Waals surface area contributed by atoms with Gasteiger partial charge >= 0.3 is 0 Å². The Morgan fingerprint density at radius 3 is 2.81 bits per heavy atom. The second-order valence-electron chi connectivity index (χ2n) is 5.08. The van der Waals surface area contributed by atoms with Crippen LogP contribution in [0.1, 0.15) is 24.5 Å². The minimum absolute atomic E-state index is 0.340. The number of fused-ring (bicyclic) bond motifs is 1. The Morgan fingerprint density at radius 2 is 2.14 bits per heavy atom. The van der Waals surface area contributed by atoms with Crippen molar-refractivity contribution in [1.82, 2.24) is 15.2 Å². The van der Waals surface area contributed by atoms with E-state index < -0.39 is 15.1 Å². The van der Waals surface area contributed by atoms with E-state index in [0.717, 1.165) is 21.6 Å². The van der Waals surface area contributed by atoms with Crippen LogP contribution in [0.25, 0.3) is 10.9 Å². The van der Waals surface area contributed by atoms with Gasteiger partial charge in [0.1, 0.15) is 0 Å². The van der Waals surface area contributed by atoms with Crippen molar-refractivity contribution >= 4 is 32.1 Å². The standard InChI is InChI=1S/C14H15N3O2S2/c1-9(2)21(18,19)10-3-4-12-11(7-10)13(17-16-12)8-14-15-5-6-20-14/h3-7,9H,8H2,1-2H3,(H,16,17). The van der Waals surface area contributed by atoms with Gasteiger partial charge in [0.15, 0.2) is 9.84 Å². The van der Waals surface area contributed by atoms with Crippen LogP contribution >= 0.6 is 11.3 Å². The molecule has 0 aliphatic rings. The van der Waals surface area contributed by atoms with Gasteiger partial charge < -0.3 is 0 Å². The Bertz CT molecular complexity index is 865. The van der Waals surface area contributed by atoms with Crippen molar-refractivity contribution in [2.45, 2.75) is 30.4 Å². The fourth-order valence-electron chi connectivity index (χ4n) is 2.12. The largest absolute Gasteiger partial charge is 0.281 e. The lowest BCUT2D eigenvalue weighted by Crippen LogP contribution is -2.13. The highest BCUT2D eigenvalue weighted by Crippen LogP contribution is 2.25. The van der Waals surface area contributed by atoms with E-state index in [1.165, 1.54) is 0 Å². The molecule has 0 unspecified atom stereocenters. The summed E-state index contributed by atoms with van der Waals surface area (Å²) in [5.74, 6) is 0. The van der Waals surface area contributed by atoms with Crippen molar-refractivity contribution in [3.63, 3.8) is 0 Å². The molecule has 110 valence electrons. The highest BCUT2D eigenvalue weighted by molar-refractivity contribution is 7.92. The zero-order valence-electron chi connectivity index (χ0n) is 11.7. The van der Waals surface area contributed by atoms with E-state index in [-0.39, 0.29) is 0 Å². The summed E-state index contributed by atoms with van der Waals surface area (Å²) < 4.78 is 24.6. The molecule has 0 radical (unpaired) electrons. The number of nitrogens with zero attached hydrogens (tertiary/aromatic N) is 2. The van der Waals surface area contributed by atoms with Gasteiger partial charge in [-0.2, -0.15) is 5.10 Å². The number of benzene rings is 1. The molecule has 0 atom stereocenters. The van der Waals surface area contributed by atoms with Gasteiger partial charge in [-0.15, -0.1) is 11.3 Å². The summed E-state index contributed by atoms with van der Waals surface area (Å²) in [6.07, 6.45) is 2.38. The normalized spacial score (nSPS) is 12.3. The maximum absolute atomic E-state index is 12.3. The Labute approximate surface area is 127 Å². The van der Waals surface area contributed by atoms with Crippen LogP contribution in [0.3, 0.4) is 0 Å². The zero-order valence-corrected chi connectivity index (χ0v) is 13.3. The van der Waals surface area contributed by atoms with Gasteiger partial charge in [-0.25, -0.2) is 13.4 Å². The number of thiazole rings is 1. The SMILES string of the molecule is CC(C)S(=O)(=O)c1ccc2n[nH]c(Cc3nccs3)c2c1. The lowest BCUT2D eigenvalue weighted by Gasteiger charge is -2.07. The molecule has 0 saturated carbocycles. The summed E-state index contributed by atoms with van der Waals surface area (Å²) in [7, 11) is -3.28. The van der Waals surface area contributed by atoms with Gasteiger partial charge in [0.25, 0.3) is 0 Å². The Balaban J connectivity index is 2.08. The fraction of sp³-hybridized carbons (Fsp3) is 0.286. The molecule has 0 bridgehead atoms. The molecule has 7 heteroatoms. The van der Waals surface area contributed by atoms with Crippen LogP contribution in [-0.2, 0) is 16.3 Å². The number of hydrogen-bond acceptors (Lipinski definition) is 5. The van der Waals surface area contributed by atoms with Crippen molar-refractivity contribution in [3.8, 4) is 0 Å². The third-order valence-corrected chi connectivity index (χ3v) is 6.30. The molecule has 0 fully saturated rings. The molecular formula is C14H15N3O2S2. The summed E-state index contributed by atoms with van der Waals surface area (Å²) in [5, 5.41) is 10.5. The summed E-state index contributed by atoms with van der Waals surface area (Å²) >= 11 is 1.57. The molecule has 1 aromatic carbocycles. The molecule has 3 aromatic rings. The molecular weight excluding hydrogens is 306 g/mol. The maximum atomic E-state index is 12.3. The molecule has 5 nitrogen and oxygen atoms in total. The van der Waals surface area contributed by atoms with Crippen LogP contribution in [0.15, 0.2) is 34.7 Å². The average Bonchev–Trinajstić information content (AvgIpc) is 3.09. The summed E-state index contributed by atoms with van der Waals surface area (Å²) in [5.41, 5.74) is 1.66. The number of aromatic amines is 1. The smallest absolute Gasteiger partial charge is 0.180 e. The molecule has 0 aliphatic carbocycles. The van der Waals surface area contributed by atoms with Crippen LogP contribution in [-0.4, -0.2) is 28.8 Å². The molecule has 0 spiro atoms. The predicted octanol–water partition coefficient (Wildman–Crippen LogP) is 2.79. The highest BCUT2D eigenvalue weighted by atomic mass is 32.2. The summed E-state index contributed by atoms with van der Waals surface area (Å²) in [4.78, 5) is 4.59. The minimum Gasteiger partial charge on any atom is -0.281 e. The van der Waals surface area contributed by atoms with E-state index >= 15 is 0 Å². The first-order valence-electron chi connectivity index (χ1n) is 6.58. The van der Waals surface area contributed by atoms with Crippen molar-refractivity contribution < 1.29 is 8.42 Å². The lowest BCUT2D eigenvalue weighted by atomic mass is 10.2. The van der Waals surface area contributed by atoms with Crippen LogP contribution in [0, 0.1) is 0 Å². The number of H-pyrrole nitrogens is 1. The topological polar surface area (TPSA) is 75.7 Å². The second kappa shape index (κ2) is 5.23. The molecule has 3 rings (SSSR count). The van der Waals surface area contributed by atoms with Crippen LogP contribution in [0.4, 0.5) is 0 Å². The van der Waals surface area contributed by atoms with Gasteiger partial charge in [-0.1, -0.05) is 0 Å². The van der Waals surface area contributed by atoms with Crippen LogP contribution in [0.5, 0.6) is 0 Å². The Morgan fingerprint density at radius 1 is 1.33 bits per heavy atom. The van der Waals surface area contributed by atoms with Crippen molar-refractivity contribution in [3.05, 3.63) is 40.5 Å². The van der Waals surface area contributed by atoms with Crippen molar-refractivity contribution in [2.75, 3.05) is 0 Å². The summed E-state index contributed by atoms with van der Waals surface area (Å²) in [6.45, 7) is 3.37. The maximum Gasteiger partial charge on any atom is 0.180 e. The zero-order chi connectivity index (χ0) is 15.0. The van der Waals surface area contributed by atoms with Gasteiger partial charge in [-0.05, 0) is 32.0 Å². The number of aromatic nitrogens is 3. The second-order valence-corrected chi connectivity index (χ2v) is 8.56. The van der Waals surface area contributed by atoms with Crippen LogP contribution in [0.2, 0.25) is 0 Å². The van der Waals surface area contributed by atoms with E-state index in [9.17, 15) is 8.42 Å². The number of nitrogens with one attached hydrogen (secondary N) is 1. The number of rotatable bonds is 4. The van der Waals surface area contributed by atoms with E-state index in [2.05, 4.69) is 15.2 Å². The van der Waals surface area contributed by atoms with Crippen molar-refractivity contribution in [2.24, 2.45) is 0 Å². The minimum atomic E-state index is -3.28. The Kier molecular flexibility index (Phi) is 3.54. The first kappa shape index (κ1) is 14.2. The van der Waals surface area contributed by atoms with Crippen LogP contribution < -0.4 is 0 Å².